The lowest BCUT2D eigenvalue weighted by Crippen LogP contribution is -2.48. The average molecular weight is 236 g/mol. The first-order valence-corrected chi connectivity index (χ1v) is 7.28. The third-order valence-corrected chi connectivity index (χ3v) is 4.75. The SMILES string of the molecule is CCCC1C(=O)C2CCCCC2C(=O)C1CC. The normalized spacial score (nSPS) is 38.0. The van der Waals surface area contributed by atoms with Crippen LogP contribution in [0.2, 0.25) is 0 Å². The lowest BCUT2D eigenvalue weighted by molar-refractivity contribution is -0.149. The fourth-order valence-electron chi connectivity index (χ4n) is 3.90. The second-order valence-electron chi connectivity index (χ2n) is 5.71. The highest BCUT2D eigenvalue weighted by Crippen LogP contribution is 2.43. The molecule has 2 heteroatoms. The Morgan fingerprint density at radius 3 is 1.94 bits per heavy atom. The van der Waals surface area contributed by atoms with E-state index < -0.39 is 0 Å². The van der Waals surface area contributed by atoms with Crippen LogP contribution in [0.25, 0.3) is 0 Å². The van der Waals surface area contributed by atoms with Gasteiger partial charge in [0.05, 0.1) is 0 Å². The van der Waals surface area contributed by atoms with Crippen LogP contribution in [-0.4, -0.2) is 11.6 Å². The standard InChI is InChI=1S/C15H24O2/c1-3-7-11-10(4-2)14(16)12-8-5-6-9-13(12)15(11)17/h10-13H,3-9H2,1-2H3. The van der Waals surface area contributed by atoms with Crippen molar-refractivity contribution in [3.63, 3.8) is 0 Å². The Kier molecular flexibility index (Phi) is 4.01. The summed E-state index contributed by atoms with van der Waals surface area (Å²) in [5, 5.41) is 0. The Balaban J connectivity index is 2.23. The molecule has 0 spiro atoms. The van der Waals surface area contributed by atoms with Gasteiger partial charge in [-0.25, -0.2) is 0 Å². The molecule has 0 aliphatic heterocycles. The van der Waals surface area contributed by atoms with Crippen LogP contribution in [0, 0.1) is 23.7 Å². The summed E-state index contributed by atoms with van der Waals surface area (Å²) in [5.74, 6) is 1.06. The molecular formula is C15H24O2. The Labute approximate surface area is 104 Å². The van der Waals surface area contributed by atoms with Crippen molar-refractivity contribution in [2.75, 3.05) is 0 Å². The van der Waals surface area contributed by atoms with Crippen molar-refractivity contribution in [2.45, 2.75) is 58.8 Å². The summed E-state index contributed by atoms with van der Waals surface area (Å²) in [6.07, 6.45) is 6.96. The van der Waals surface area contributed by atoms with Gasteiger partial charge in [0.25, 0.3) is 0 Å². The highest BCUT2D eigenvalue weighted by molar-refractivity contribution is 5.99. The maximum Gasteiger partial charge on any atom is 0.140 e. The number of carbonyl (C=O) groups excluding carboxylic acids is 2. The van der Waals surface area contributed by atoms with Crippen LogP contribution in [0.5, 0.6) is 0 Å². The van der Waals surface area contributed by atoms with Gasteiger partial charge in [-0.2, -0.15) is 0 Å². The molecule has 0 heterocycles. The van der Waals surface area contributed by atoms with E-state index in [1.54, 1.807) is 0 Å². The summed E-state index contributed by atoms with van der Waals surface area (Å²) in [7, 11) is 0. The third-order valence-electron chi connectivity index (χ3n) is 4.75. The number of fused-ring (bicyclic) bond motifs is 1. The van der Waals surface area contributed by atoms with Gasteiger partial charge in [-0.1, -0.05) is 33.1 Å². The number of ketones is 2. The van der Waals surface area contributed by atoms with Crippen LogP contribution in [0.15, 0.2) is 0 Å². The number of carbonyl (C=O) groups is 2. The average Bonchev–Trinajstić information content (AvgIpc) is 2.36. The summed E-state index contributed by atoms with van der Waals surface area (Å²) >= 11 is 0. The van der Waals surface area contributed by atoms with Crippen molar-refractivity contribution in [3.05, 3.63) is 0 Å². The van der Waals surface area contributed by atoms with Crippen molar-refractivity contribution in [1.82, 2.24) is 0 Å². The quantitative estimate of drug-likeness (QED) is 0.752. The van der Waals surface area contributed by atoms with E-state index in [-0.39, 0.29) is 23.7 Å². The van der Waals surface area contributed by atoms with E-state index in [0.29, 0.717) is 11.6 Å². The van der Waals surface area contributed by atoms with E-state index in [2.05, 4.69) is 13.8 Å². The number of rotatable bonds is 3. The third kappa shape index (κ3) is 2.19. The molecule has 0 amide bonds. The molecule has 2 nitrogen and oxygen atoms in total. The molecule has 0 saturated heterocycles. The predicted molar refractivity (Wildman–Crippen MR) is 67.6 cm³/mol. The Bertz CT molecular complexity index is 308. The first kappa shape index (κ1) is 12.8. The second kappa shape index (κ2) is 5.32. The number of Topliss-reactive ketones (excluding diaryl/α,β-unsaturated/α-hetero) is 2. The van der Waals surface area contributed by atoms with Gasteiger partial charge in [0.15, 0.2) is 0 Å². The zero-order valence-electron chi connectivity index (χ0n) is 11.1. The summed E-state index contributed by atoms with van der Waals surface area (Å²) in [6, 6.07) is 0. The van der Waals surface area contributed by atoms with Crippen LogP contribution < -0.4 is 0 Å². The van der Waals surface area contributed by atoms with Crippen LogP contribution in [-0.2, 0) is 9.59 Å². The Morgan fingerprint density at radius 2 is 1.47 bits per heavy atom. The monoisotopic (exact) mass is 236 g/mol. The smallest absolute Gasteiger partial charge is 0.140 e. The molecule has 2 fully saturated rings. The molecule has 2 aliphatic rings. The van der Waals surface area contributed by atoms with E-state index in [0.717, 1.165) is 44.9 Å². The number of hydrogen-bond acceptors (Lipinski definition) is 2. The molecule has 4 atom stereocenters. The van der Waals surface area contributed by atoms with Crippen LogP contribution >= 0.6 is 0 Å². The first-order valence-electron chi connectivity index (χ1n) is 7.28. The molecule has 0 N–H and O–H groups in total. The largest absolute Gasteiger partial charge is 0.299 e. The molecular weight excluding hydrogens is 212 g/mol. The van der Waals surface area contributed by atoms with Gasteiger partial charge >= 0.3 is 0 Å². The Hall–Kier alpha value is -0.660. The van der Waals surface area contributed by atoms with Crippen molar-refractivity contribution in [2.24, 2.45) is 23.7 Å². The van der Waals surface area contributed by atoms with Crippen molar-refractivity contribution < 1.29 is 9.59 Å². The second-order valence-corrected chi connectivity index (χ2v) is 5.71. The van der Waals surface area contributed by atoms with Gasteiger partial charge in [-0.05, 0) is 25.7 Å². The van der Waals surface area contributed by atoms with Crippen LogP contribution in [0.4, 0.5) is 0 Å². The number of hydrogen-bond donors (Lipinski definition) is 0. The molecule has 2 rings (SSSR count). The lowest BCUT2D eigenvalue weighted by Gasteiger charge is -2.41. The maximum absolute atomic E-state index is 12.5. The van der Waals surface area contributed by atoms with Crippen molar-refractivity contribution in [3.8, 4) is 0 Å². The van der Waals surface area contributed by atoms with Gasteiger partial charge in [-0.15, -0.1) is 0 Å². The molecule has 0 aromatic carbocycles. The summed E-state index contributed by atoms with van der Waals surface area (Å²) in [5.41, 5.74) is 0. The summed E-state index contributed by atoms with van der Waals surface area (Å²) < 4.78 is 0. The van der Waals surface area contributed by atoms with E-state index in [1.165, 1.54) is 0 Å². The van der Waals surface area contributed by atoms with Crippen LogP contribution in [0.3, 0.4) is 0 Å². The van der Waals surface area contributed by atoms with E-state index in [4.69, 9.17) is 0 Å². The topological polar surface area (TPSA) is 34.1 Å². The molecule has 2 aliphatic carbocycles. The minimum Gasteiger partial charge on any atom is -0.299 e. The van der Waals surface area contributed by atoms with Gasteiger partial charge < -0.3 is 0 Å². The van der Waals surface area contributed by atoms with Crippen LogP contribution in [0.1, 0.15) is 58.8 Å². The van der Waals surface area contributed by atoms with Gasteiger partial charge in [0, 0.05) is 23.7 Å². The summed E-state index contributed by atoms with van der Waals surface area (Å²) in [4.78, 5) is 25.0. The molecule has 96 valence electrons. The molecule has 4 unspecified atom stereocenters. The minimum absolute atomic E-state index is 0.0294. The molecule has 0 bridgehead atoms. The zero-order valence-corrected chi connectivity index (χ0v) is 11.1. The zero-order chi connectivity index (χ0) is 12.4. The molecule has 2 saturated carbocycles. The Morgan fingerprint density at radius 1 is 0.941 bits per heavy atom. The molecule has 0 radical (unpaired) electrons. The first-order chi connectivity index (χ1) is 8.20. The van der Waals surface area contributed by atoms with Gasteiger partial charge in [-0.3, -0.25) is 9.59 Å². The maximum atomic E-state index is 12.5. The summed E-state index contributed by atoms with van der Waals surface area (Å²) in [6.45, 7) is 4.17. The predicted octanol–water partition coefficient (Wildman–Crippen LogP) is 3.39. The van der Waals surface area contributed by atoms with E-state index >= 15 is 0 Å². The molecule has 0 aromatic rings. The lowest BCUT2D eigenvalue weighted by atomic mass is 9.60. The van der Waals surface area contributed by atoms with E-state index in [9.17, 15) is 9.59 Å². The van der Waals surface area contributed by atoms with Crippen molar-refractivity contribution in [1.29, 1.82) is 0 Å². The molecule has 0 aromatic heterocycles. The minimum atomic E-state index is 0.0294. The highest BCUT2D eigenvalue weighted by Gasteiger charge is 2.48. The molecule has 17 heavy (non-hydrogen) atoms. The fourth-order valence-corrected chi connectivity index (χ4v) is 3.90. The highest BCUT2D eigenvalue weighted by atomic mass is 16.1. The van der Waals surface area contributed by atoms with Gasteiger partial charge in [0.1, 0.15) is 11.6 Å². The van der Waals surface area contributed by atoms with Crippen molar-refractivity contribution >= 4 is 11.6 Å². The van der Waals surface area contributed by atoms with Gasteiger partial charge in [0.2, 0.25) is 0 Å². The van der Waals surface area contributed by atoms with E-state index in [1.807, 2.05) is 0 Å². The fraction of sp³-hybridized carbons (Fsp3) is 0.867.